The molecule has 18 heavy (non-hydrogen) atoms. The van der Waals surface area contributed by atoms with Crippen LogP contribution in [0.3, 0.4) is 0 Å². The number of amides is 1. The monoisotopic (exact) mass is 254 g/mol. The normalized spacial score (nSPS) is 17.4. The van der Waals surface area contributed by atoms with Crippen molar-refractivity contribution in [2.24, 2.45) is 0 Å². The number of allylic oxidation sites excluding steroid dienone is 2. The SMILES string of the molecule is N#Cc1ccc2c(c1)SC1=C(CCC=C1)C(=O)N2. The molecule has 1 heterocycles. The van der Waals surface area contributed by atoms with Gasteiger partial charge in [-0.25, -0.2) is 0 Å². The van der Waals surface area contributed by atoms with Gasteiger partial charge in [0.1, 0.15) is 0 Å². The average molecular weight is 254 g/mol. The first-order chi connectivity index (χ1) is 8.78. The van der Waals surface area contributed by atoms with E-state index in [0.29, 0.717) is 5.56 Å². The molecular formula is C14H10N2OS. The van der Waals surface area contributed by atoms with E-state index >= 15 is 0 Å². The molecule has 1 amide bonds. The first-order valence-electron chi connectivity index (χ1n) is 5.71. The van der Waals surface area contributed by atoms with Crippen molar-refractivity contribution in [3.63, 3.8) is 0 Å². The van der Waals surface area contributed by atoms with Gasteiger partial charge in [-0.05, 0) is 31.0 Å². The third kappa shape index (κ3) is 1.83. The minimum Gasteiger partial charge on any atom is -0.321 e. The van der Waals surface area contributed by atoms with Crippen molar-refractivity contribution >= 4 is 23.4 Å². The molecule has 0 bridgehead atoms. The number of fused-ring (bicyclic) bond motifs is 1. The standard InChI is InChI=1S/C14H10N2OS/c15-8-9-5-6-11-13(7-9)18-12-4-2-1-3-10(12)14(17)16-11/h2,4-7H,1,3H2,(H,16,17). The molecule has 1 aromatic carbocycles. The van der Waals surface area contributed by atoms with E-state index in [1.54, 1.807) is 23.9 Å². The second-order valence-electron chi connectivity index (χ2n) is 4.16. The molecule has 0 radical (unpaired) electrons. The van der Waals surface area contributed by atoms with Gasteiger partial charge in [0.2, 0.25) is 0 Å². The summed E-state index contributed by atoms with van der Waals surface area (Å²) in [6.45, 7) is 0. The number of nitrogens with one attached hydrogen (secondary N) is 1. The van der Waals surface area contributed by atoms with Crippen LogP contribution >= 0.6 is 11.8 Å². The lowest BCUT2D eigenvalue weighted by molar-refractivity contribution is -0.113. The molecule has 3 rings (SSSR count). The molecule has 4 heteroatoms. The lowest BCUT2D eigenvalue weighted by atomic mass is 10.0. The number of nitriles is 1. The first kappa shape index (κ1) is 11.1. The zero-order valence-corrected chi connectivity index (χ0v) is 10.4. The summed E-state index contributed by atoms with van der Waals surface area (Å²) >= 11 is 1.55. The number of carbonyl (C=O) groups is 1. The summed E-state index contributed by atoms with van der Waals surface area (Å²) in [5.74, 6) is -0.0229. The van der Waals surface area contributed by atoms with Crippen molar-refractivity contribution in [3.05, 3.63) is 46.4 Å². The highest BCUT2D eigenvalue weighted by atomic mass is 32.2. The van der Waals surface area contributed by atoms with Crippen molar-refractivity contribution in [1.82, 2.24) is 0 Å². The van der Waals surface area contributed by atoms with E-state index in [9.17, 15) is 4.79 Å². The first-order valence-corrected chi connectivity index (χ1v) is 6.52. The smallest absolute Gasteiger partial charge is 0.252 e. The molecule has 0 fully saturated rings. The Labute approximate surface area is 109 Å². The Balaban J connectivity index is 2.10. The van der Waals surface area contributed by atoms with Crippen molar-refractivity contribution in [2.45, 2.75) is 17.7 Å². The molecule has 88 valence electrons. The van der Waals surface area contributed by atoms with Gasteiger partial charge >= 0.3 is 0 Å². The van der Waals surface area contributed by atoms with Gasteiger partial charge in [-0.3, -0.25) is 4.79 Å². The van der Waals surface area contributed by atoms with Crippen molar-refractivity contribution in [3.8, 4) is 6.07 Å². The number of thioether (sulfide) groups is 1. The zero-order valence-electron chi connectivity index (χ0n) is 9.56. The maximum atomic E-state index is 12.1. The summed E-state index contributed by atoms with van der Waals surface area (Å²) in [6, 6.07) is 7.45. The van der Waals surface area contributed by atoms with Gasteiger partial charge in [-0.2, -0.15) is 5.26 Å². The molecule has 2 aliphatic rings. The maximum absolute atomic E-state index is 12.1. The molecule has 1 N–H and O–H groups in total. The van der Waals surface area contributed by atoms with Gasteiger partial charge < -0.3 is 5.32 Å². The number of rotatable bonds is 0. The lowest BCUT2D eigenvalue weighted by Crippen LogP contribution is -2.15. The van der Waals surface area contributed by atoms with Gasteiger partial charge in [-0.15, -0.1) is 0 Å². The van der Waals surface area contributed by atoms with Crippen LogP contribution in [-0.4, -0.2) is 5.91 Å². The van der Waals surface area contributed by atoms with Gasteiger partial charge in [0, 0.05) is 15.4 Å². The Morgan fingerprint density at radius 1 is 1.39 bits per heavy atom. The van der Waals surface area contributed by atoms with Crippen LogP contribution in [0.1, 0.15) is 18.4 Å². The fraction of sp³-hybridized carbons (Fsp3) is 0.143. The highest BCUT2D eigenvalue weighted by Gasteiger charge is 2.22. The molecule has 0 aromatic heterocycles. The van der Waals surface area contributed by atoms with Crippen LogP contribution in [0.4, 0.5) is 5.69 Å². The van der Waals surface area contributed by atoms with E-state index < -0.39 is 0 Å². The summed E-state index contributed by atoms with van der Waals surface area (Å²) in [7, 11) is 0. The molecule has 3 nitrogen and oxygen atoms in total. The fourth-order valence-corrected chi connectivity index (χ4v) is 3.19. The molecule has 0 unspecified atom stereocenters. The number of nitrogens with zero attached hydrogens (tertiary/aromatic N) is 1. The predicted octanol–water partition coefficient (Wildman–Crippen LogP) is 3.21. The van der Waals surface area contributed by atoms with Crippen LogP contribution in [0.25, 0.3) is 0 Å². The Hall–Kier alpha value is -1.99. The number of anilines is 1. The van der Waals surface area contributed by atoms with Crippen LogP contribution < -0.4 is 5.32 Å². The minimum absolute atomic E-state index is 0.0229. The summed E-state index contributed by atoms with van der Waals surface area (Å²) < 4.78 is 0. The molecule has 0 saturated carbocycles. The number of benzene rings is 1. The summed E-state index contributed by atoms with van der Waals surface area (Å²) in [4.78, 5) is 14.0. The van der Waals surface area contributed by atoms with Crippen LogP contribution in [0.2, 0.25) is 0 Å². The van der Waals surface area contributed by atoms with E-state index in [0.717, 1.165) is 33.9 Å². The van der Waals surface area contributed by atoms with Gasteiger partial charge in [0.15, 0.2) is 0 Å². The van der Waals surface area contributed by atoms with Crippen LogP contribution in [0.15, 0.2) is 45.7 Å². The minimum atomic E-state index is -0.0229. The number of hydrogen-bond donors (Lipinski definition) is 1. The van der Waals surface area contributed by atoms with Crippen LogP contribution in [0.5, 0.6) is 0 Å². The van der Waals surface area contributed by atoms with Crippen LogP contribution in [-0.2, 0) is 4.79 Å². The topological polar surface area (TPSA) is 52.9 Å². The van der Waals surface area contributed by atoms with Crippen molar-refractivity contribution in [1.29, 1.82) is 5.26 Å². The Morgan fingerprint density at radius 3 is 3.11 bits per heavy atom. The summed E-state index contributed by atoms with van der Waals surface area (Å²) in [5, 5.41) is 11.8. The Morgan fingerprint density at radius 2 is 2.28 bits per heavy atom. The molecule has 0 saturated heterocycles. The van der Waals surface area contributed by atoms with Gasteiger partial charge in [-0.1, -0.05) is 23.9 Å². The number of hydrogen-bond acceptors (Lipinski definition) is 3. The highest BCUT2D eigenvalue weighted by Crippen LogP contribution is 2.41. The van der Waals surface area contributed by atoms with Crippen molar-refractivity contribution < 1.29 is 4.79 Å². The number of carbonyl (C=O) groups excluding carboxylic acids is 1. The average Bonchev–Trinajstić information content (AvgIpc) is 2.54. The summed E-state index contributed by atoms with van der Waals surface area (Å²) in [5.41, 5.74) is 2.24. The fourth-order valence-electron chi connectivity index (χ4n) is 2.06. The Kier molecular flexibility index (Phi) is 2.69. The third-order valence-electron chi connectivity index (χ3n) is 2.98. The van der Waals surface area contributed by atoms with Gasteiger partial charge in [0.05, 0.1) is 17.3 Å². The molecule has 0 atom stereocenters. The predicted molar refractivity (Wildman–Crippen MR) is 71.0 cm³/mol. The third-order valence-corrected chi connectivity index (χ3v) is 4.14. The second kappa shape index (κ2) is 4.35. The maximum Gasteiger partial charge on any atom is 0.252 e. The lowest BCUT2D eigenvalue weighted by Gasteiger charge is -2.10. The molecule has 1 aromatic rings. The van der Waals surface area contributed by atoms with E-state index in [-0.39, 0.29) is 5.91 Å². The second-order valence-corrected chi connectivity index (χ2v) is 5.25. The largest absolute Gasteiger partial charge is 0.321 e. The van der Waals surface area contributed by atoms with Gasteiger partial charge in [0.25, 0.3) is 5.91 Å². The highest BCUT2D eigenvalue weighted by molar-refractivity contribution is 8.03. The van der Waals surface area contributed by atoms with Crippen molar-refractivity contribution in [2.75, 3.05) is 5.32 Å². The van der Waals surface area contributed by atoms with Crippen LogP contribution in [0, 0.1) is 11.3 Å². The molecular weight excluding hydrogens is 244 g/mol. The summed E-state index contributed by atoms with van der Waals surface area (Å²) in [6.07, 6.45) is 5.77. The molecule has 1 aliphatic carbocycles. The van der Waals surface area contributed by atoms with E-state index in [1.807, 2.05) is 12.1 Å². The van der Waals surface area contributed by atoms with E-state index in [4.69, 9.17) is 5.26 Å². The quantitative estimate of drug-likeness (QED) is 0.773. The Bertz CT molecular complexity index is 638. The molecule has 1 aliphatic heterocycles. The molecule has 0 spiro atoms. The zero-order chi connectivity index (χ0) is 12.5. The van der Waals surface area contributed by atoms with E-state index in [2.05, 4.69) is 17.5 Å². The van der Waals surface area contributed by atoms with E-state index in [1.165, 1.54) is 0 Å².